The number of pyridine rings is 1. The Labute approximate surface area is 170 Å². The molecule has 3 aromatic rings. The van der Waals surface area contributed by atoms with Crippen molar-refractivity contribution < 1.29 is 9.90 Å². The average Bonchev–Trinajstić information content (AvgIpc) is 2.69. The molecule has 0 bridgehead atoms. The molecular weight excluding hydrogens is 362 g/mol. The van der Waals surface area contributed by atoms with Crippen molar-refractivity contribution in [1.29, 1.82) is 0 Å². The van der Waals surface area contributed by atoms with Crippen molar-refractivity contribution >= 4 is 39.0 Å². The predicted molar refractivity (Wildman–Crippen MR) is 118 cm³/mol. The SMILES string of the molecule is CCC(=NNc1nc2ccccc2c2ccccc12)C1=C(O)CC(C)(C)CC1=O. The molecule has 0 aliphatic heterocycles. The van der Waals surface area contributed by atoms with Crippen LogP contribution in [0, 0.1) is 5.41 Å². The van der Waals surface area contributed by atoms with E-state index in [1.807, 2.05) is 57.2 Å². The van der Waals surface area contributed by atoms with Crippen molar-refractivity contribution in [2.45, 2.75) is 40.0 Å². The van der Waals surface area contributed by atoms with Crippen LogP contribution in [0.4, 0.5) is 5.82 Å². The minimum atomic E-state index is -0.229. The zero-order valence-corrected chi connectivity index (χ0v) is 17.0. The molecule has 2 aromatic carbocycles. The Balaban J connectivity index is 1.78. The lowest BCUT2D eigenvalue weighted by molar-refractivity contribution is -0.117. The number of allylic oxidation sites excluding steroid dienone is 2. The maximum Gasteiger partial charge on any atom is 0.168 e. The Morgan fingerprint density at radius 1 is 1.07 bits per heavy atom. The van der Waals surface area contributed by atoms with Crippen LogP contribution in [0.25, 0.3) is 21.7 Å². The molecule has 0 saturated heterocycles. The number of fused-ring (bicyclic) bond motifs is 3. The van der Waals surface area contributed by atoms with E-state index in [0.29, 0.717) is 36.4 Å². The Hall–Kier alpha value is -3.21. The van der Waals surface area contributed by atoms with Gasteiger partial charge in [-0.05, 0) is 23.3 Å². The molecule has 0 spiro atoms. The third-order valence-electron chi connectivity index (χ3n) is 5.38. The highest BCUT2D eigenvalue weighted by atomic mass is 16.3. The number of carbonyl (C=O) groups excluding carboxylic acids is 1. The second kappa shape index (κ2) is 7.32. The number of anilines is 1. The molecule has 0 radical (unpaired) electrons. The van der Waals surface area contributed by atoms with E-state index in [9.17, 15) is 9.90 Å². The van der Waals surface area contributed by atoms with Crippen LogP contribution in [0.1, 0.15) is 40.0 Å². The van der Waals surface area contributed by atoms with Crippen molar-refractivity contribution in [2.75, 3.05) is 5.43 Å². The molecule has 0 amide bonds. The number of nitrogens with one attached hydrogen (secondary N) is 1. The number of hydrazone groups is 1. The number of aliphatic hydroxyl groups excluding tert-OH is 1. The van der Waals surface area contributed by atoms with Crippen molar-refractivity contribution in [3.8, 4) is 0 Å². The average molecular weight is 387 g/mol. The molecule has 1 aromatic heterocycles. The van der Waals surface area contributed by atoms with E-state index in [2.05, 4.69) is 22.7 Å². The zero-order valence-electron chi connectivity index (χ0n) is 17.0. The monoisotopic (exact) mass is 387 g/mol. The van der Waals surface area contributed by atoms with E-state index in [1.165, 1.54) is 0 Å². The van der Waals surface area contributed by atoms with Crippen LogP contribution in [-0.2, 0) is 4.79 Å². The highest BCUT2D eigenvalue weighted by Gasteiger charge is 2.34. The molecule has 1 aliphatic rings. The molecule has 5 nitrogen and oxygen atoms in total. The van der Waals surface area contributed by atoms with Crippen LogP contribution >= 0.6 is 0 Å². The quantitative estimate of drug-likeness (QED) is 0.339. The van der Waals surface area contributed by atoms with Crippen molar-refractivity contribution in [3.05, 3.63) is 59.9 Å². The van der Waals surface area contributed by atoms with Crippen molar-refractivity contribution in [2.24, 2.45) is 10.5 Å². The maximum atomic E-state index is 12.7. The van der Waals surface area contributed by atoms with Gasteiger partial charge in [0.2, 0.25) is 0 Å². The van der Waals surface area contributed by atoms with E-state index in [-0.39, 0.29) is 17.0 Å². The number of nitrogens with zero attached hydrogens (tertiary/aromatic N) is 2. The van der Waals surface area contributed by atoms with Crippen LogP contribution in [0.5, 0.6) is 0 Å². The third-order valence-corrected chi connectivity index (χ3v) is 5.38. The molecule has 29 heavy (non-hydrogen) atoms. The zero-order chi connectivity index (χ0) is 20.6. The first-order chi connectivity index (χ1) is 13.9. The van der Waals surface area contributed by atoms with E-state index in [1.54, 1.807) is 0 Å². The van der Waals surface area contributed by atoms with Crippen LogP contribution in [-0.4, -0.2) is 21.6 Å². The van der Waals surface area contributed by atoms with Gasteiger partial charge in [0.1, 0.15) is 5.76 Å². The number of benzene rings is 2. The summed E-state index contributed by atoms with van der Waals surface area (Å²) in [7, 11) is 0. The maximum absolute atomic E-state index is 12.7. The fourth-order valence-corrected chi connectivity index (χ4v) is 4.04. The molecule has 0 unspecified atom stereocenters. The number of rotatable bonds is 4. The van der Waals surface area contributed by atoms with Gasteiger partial charge in [0.15, 0.2) is 11.6 Å². The number of ketones is 1. The molecule has 0 fully saturated rings. The van der Waals surface area contributed by atoms with Gasteiger partial charge in [0, 0.05) is 23.6 Å². The van der Waals surface area contributed by atoms with Crippen LogP contribution < -0.4 is 5.43 Å². The first-order valence-electron chi connectivity index (χ1n) is 9.95. The lowest BCUT2D eigenvalue weighted by Gasteiger charge is -2.29. The van der Waals surface area contributed by atoms with Gasteiger partial charge in [-0.15, -0.1) is 0 Å². The number of Topliss-reactive ketones (excluding diaryl/α,β-unsaturated/α-hetero) is 1. The molecule has 0 saturated carbocycles. The summed E-state index contributed by atoms with van der Waals surface area (Å²) < 4.78 is 0. The molecule has 1 aliphatic carbocycles. The summed E-state index contributed by atoms with van der Waals surface area (Å²) in [4.78, 5) is 17.4. The van der Waals surface area contributed by atoms with E-state index in [4.69, 9.17) is 4.98 Å². The summed E-state index contributed by atoms with van der Waals surface area (Å²) in [5, 5.41) is 18.2. The number of hydrogen-bond acceptors (Lipinski definition) is 5. The van der Waals surface area contributed by atoms with Crippen LogP contribution in [0.3, 0.4) is 0 Å². The van der Waals surface area contributed by atoms with Gasteiger partial charge in [-0.2, -0.15) is 5.10 Å². The lowest BCUT2D eigenvalue weighted by Crippen LogP contribution is -2.29. The van der Waals surface area contributed by atoms with Gasteiger partial charge in [-0.1, -0.05) is 63.2 Å². The molecular formula is C24H25N3O2. The van der Waals surface area contributed by atoms with Crippen molar-refractivity contribution in [1.82, 2.24) is 4.98 Å². The topological polar surface area (TPSA) is 74.6 Å². The number of aromatic nitrogens is 1. The summed E-state index contributed by atoms with van der Waals surface area (Å²) in [5.41, 5.74) is 4.62. The molecule has 0 atom stereocenters. The van der Waals surface area contributed by atoms with Gasteiger partial charge in [0.05, 0.1) is 16.8 Å². The van der Waals surface area contributed by atoms with Crippen LogP contribution in [0.15, 0.2) is 65.0 Å². The van der Waals surface area contributed by atoms with E-state index >= 15 is 0 Å². The second-order valence-corrected chi connectivity index (χ2v) is 8.31. The van der Waals surface area contributed by atoms with E-state index in [0.717, 1.165) is 21.7 Å². The summed E-state index contributed by atoms with van der Waals surface area (Å²) in [6.45, 7) is 5.91. The lowest BCUT2D eigenvalue weighted by atomic mass is 9.75. The smallest absolute Gasteiger partial charge is 0.168 e. The molecule has 1 heterocycles. The minimum absolute atomic E-state index is 0.0579. The Bertz CT molecular complexity index is 1180. The third kappa shape index (κ3) is 3.60. The Morgan fingerprint density at radius 2 is 1.72 bits per heavy atom. The molecule has 4 rings (SSSR count). The Morgan fingerprint density at radius 3 is 2.41 bits per heavy atom. The minimum Gasteiger partial charge on any atom is -0.511 e. The summed E-state index contributed by atoms with van der Waals surface area (Å²) >= 11 is 0. The largest absolute Gasteiger partial charge is 0.511 e. The summed E-state index contributed by atoms with van der Waals surface area (Å²) in [5.74, 6) is 0.705. The van der Waals surface area contributed by atoms with Gasteiger partial charge in [-0.25, -0.2) is 4.98 Å². The van der Waals surface area contributed by atoms with Gasteiger partial charge in [0.25, 0.3) is 0 Å². The van der Waals surface area contributed by atoms with Gasteiger partial charge in [-0.3, -0.25) is 10.2 Å². The summed E-state index contributed by atoms with van der Waals surface area (Å²) in [6.07, 6.45) is 1.41. The first-order valence-corrected chi connectivity index (χ1v) is 9.95. The number of aliphatic hydroxyl groups is 1. The Kier molecular flexibility index (Phi) is 4.82. The fourth-order valence-electron chi connectivity index (χ4n) is 4.04. The van der Waals surface area contributed by atoms with Gasteiger partial charge >= 0.3 is 0 Å². The van der Waals surface area contributed by atoms with Gasteiger partial charge < -0.3 is 5.11 Å². The normalized spacial score (nSPS) is 17.2. The first kappa shape index (κ1) is 19.1. The molecule has 2 N–H and O–H groups in total. The van der Waals surface area contributed by atoms with Crippen LogP contribution in [0.2, 0.25) is 0 Å². The second-order valence-electron chi connectivity index (χ2n) is 8.31. The number of hydrogen-bond donors (Lipinski definition) is 2. The number of carbonyl (C=O) groups is 1. The molecule has 5 heteroatoms. The van der Waals surface area contributed by atoms with E-state index < -0.39 is 0 Å². The number of para-hydroxylation sites is 1. The highest BCUT2D eigenvalue weighted by molar-refractivity contribution is 6.23. The summed E-state index contributed by atoms with van der Waals surface area (Å²) in [6, 6.07) is 16.0. The van der Waals surface area contributed by atoms with Crippen molar-refractivity contribution in [3.63, 3.8) is 0 Å². The highest BCUT2D eigenvalue weighted by Crippen LogP contribution is 2.36. The fraction of sp³-hybridized carbons (Fsp3) is 0.292. The predicted octanol–water partition coefficient (Wildman–Crippen LogP) is 5.77. The molecule has 148 valence electrons. The standard InChI is InChI=1S/C24H25N3O2/c1-4-18(22-20(28)13-24(2,3)14-21(22)29)26-27-23-17-11-6-5-9-15(17)16-10-7-8-12-19(16)25-23/h5-12,28H,4,13-14H2,1-3H3,(H,25,27).